The highest BCUT2D eigenvalue weighted by atomic mass is 16.5. The van der Waals surface area contributed by atoms with Crippen LogP contribution in [0.3, 0.4) is 0 Å². The molecule has 1 unspecified atom stereocenters. The van der Waals surface area contributed by atoms with E-state index in [2.05, 4.69) is 17.1 Å². The van der Waals surface area contributed by atoms with Crippen molar-refractivity contribution in [1.29, 1.82) is 0 Å². The molecular weight excluding hydrogens is 208 g/mol. The fraction of sp³-hybridized carbons (Fsp3) is 1.00. The molecule has 1 aliphatic heterocycles. The van der Waals surface area contributed by atoms with Crippen molar-refractivity contribution in [3.05, 3.63) is 0 Å². The van der Waals surface area contributed by atoms with E-state index in [9.17, 15) is 0 Å². The van der Waals surface area contributed by atoms with E-state index >= 15 is 0 Å². The van der Waals surface area contributed by atoms with Gasteiger partial charge in [-0.2, -0.15) is 0 Å². The lowest BCUT2D eigenvalue weighted by molar-refractivity contribution is -0.0259. The number of nitrogens with zero attached hydrogens (tertiary/aromatic N) is 1. The molecule has 1 aliphatic rings. The average Bonchev–Trinajstić information content (AvgIpc) is 2.34. The van der Waals surface area contributed by atoms with Crippen molar-refractivity contribution in [2.45, 2.75) is 13.0 Å². The van der Waals surface area contributed by atoms with E-state index in [1.807, 2.05) is 0 Å². The lowest BCUT2D eigenvalue weighted by atomic mass is 10.2. The van der Waals surface area contributed by atoms with Crippen molar-refractivity contribution in [3.63, 3.8) is 0 Å². The van der Waals surface area contributed by atoms with Crippen LogP contribution in [0, 0.1) is 0 Å². The molecule has 0 aromatic carbocycles. The van der Waals surface area contributed by atoms with E-state index in [0.717, 1.165) is 39.3 Å². The monoisotopic (exact) mass is 232 g/mol. The highest BCUT2D eigenvalue weighted by Crippen LogP contribution is 2.03. The van der Waals surface area contributed by atoms with Crippen LogP contribution >= 0.6 is 0 Å². The SMILES string of the molecule is CCN1CCOC(CNCCOCCO)C1. The van der Waals surface area contributed by atoms with Crippen LogP contribution in [-0.2, 0) is 9.47 Å². The van der Waals surface area contributed by atoms with E-state index < -0.39 is 0 Å². The number of nitrogens with one attached hydrogen (secondary N) is 1. The van der Waals surface area contributed by atoms with Gasteiger partial charge in [-0.25, -0.2) is 0 Å². The molecule has 1 rings (SSSR count). The zero-order valence-corrected chi connectivity index (χ0v) is 10.2. The number of rotatable bonds is 8. The molecule has 0 radical (unpaired) electrons. The molecule has 1 heterocycles. The van der Waals surface area contributed by atoms with Crippen LogP contribution in [0.1, 0.15) is 6.92 Å². The van der Waals surface area contributed by atoms with E-state index in [0.29, 0.717) is 19.3 Å². The molecule has 1 fully saturated rings. The minimum Gasteiger partial charge on any atom is -0.394 e. The van der Waals surface area contributed by atoms with Gasteiger partial charge in [0.1, 0.15) is 0 Å². The largest absolute Gasteiger partial charge is 0.394 e. The van der Waals surface area contributed by atoms with Crippen molar-refractivity contribution < 1.29 is 14.6 Å². The lowest BCUT2D eigenvalue weighted by Gasteiger charge is -2.32. The average molecular weight is 232 g/mol. The van der Waals surface area contributed by atoms with Gasteiger partial charge in [0.15, 0.2) is 0 Å². The van der Waals surface area contributed by atoms with Gasteiger partial charge in [0.05, 0.1) is 32.5 Å². The highest BCUT2D eigenvalue weighted by molar-refractivity contribution is 4.72. The topological polar surface area (TPSA) is 54.0 Å². The van der Waals surface area contributed by atoms with E-state index in [4.69, 9.17) is 14.6 Å². The molecule has 0 aromatic rings. The Hall–Kier alpha value is -0.200. The molecule has 0 amide bonds. The molecule has 0 saturated carbocycles. The van der Waals surface area contributed by atoms with E-state index in [1.165, 1.54) is 0 Å². The highest BCUT2D eigenvalue weighted by Gasteiger charge is 2.18. The number of morpholine rings is 1. The molecule has 0 spiro atoms. The number of likely N-dealkylation sites (N-methyl/N-ethyl adjacent to an activating group) is 1. The number of aliphatic hydroxyl groups is 1. The number of hydrogen-bond donors (Lipinski definition) is 2. The number of aliphatic hydroxyl groups excluding tert-OH is 1. The summed E-state index contributed by atoms with van der Waals surface area (Å²) in [6.45, 7) is 9.02. The fourth-order valence-corrected chi connectivity index (χ4v) is 1.77. The van der Waals surface area contributed by atoms with Gasteiger partial charge in [0, 0.05) is 26.2 Å². The Kier molecular flexibility index (Phi) is 7.71. The molecule has 5 nitrogen and oxygen atoms in total. The van der Waals surface area contributed by atoms with Crippen molar-refractivity contribution in [2.75, 3.05) is 59.2 Å². The number of ether oxygens (including phenoxy) is 2. The van der Waals surface area contributed by atoms with Crippen molar-refractivity contribution in [3.8, 4) is 0 Å². The molecule has 1 atom stereocenters. The Balaban J connectivity index is 1.95. The first-order chi connectivity index (χ1) is 7.86. The summed E-state index contributed by atoms with van der Waals surface area (Å²) in [4.78, 5) is 2.40. The van der Waals surface area contributed by atoms with Gasteiger partial charge in [-0.05, 0) is 6.54 Å². The van der Waals surface area contributed by atoms with Crippen LogP contribution in [-0.4, -0.2) is 75.3 Å². The Morgan fingerprint density at radius 2 is 2.38 bits per heavy atom. The predicted molar refractivity (Wildman–Crippen MR) is 62.6 cm³/mol. The smallest absolute Gasteiger partial charge is 0.0826 e. The van der Waals surface area contributed by atoms with Crippen molar-refractivity contribution in [1.82, 2.24) is 10.2 Å². The minimum atomic E-state index is 0.0944. The molecular formula is C11H24N2O3. The van der Waals surface area contributed by atoms with Gasteiger partial charge in [0.2, 0.25) is 0 Å². The maximum atomic E-state index is 8.51. The Labute approximate surface area is 97.7 Å². The maximum absolute atomic E-state index is 8.51. The van der Waals surface area contributed by atoms with Crippen molar-refractivity contribution in [2.24, 2.45) is 0 Å². The summed E-state index contributed by atoms with van der Waals surface area (Å²) in [5.74, 6) is 0. The Bertz CT molecular complexity index is 169. The molecule has 1 saturated heterocycles. The summed E-state index contributed by atoms with van der Waals surface area (Å²) in [6.07, 6.45) is 0.298. The second kappa shape index (κ2) is 8.90. The molecule has 16 heavy (non-hydrogen) atoms. The predicted octanol–water partition coefficient (Wildman–Crippen LogP) is -0.694. The fourth-order valence-electron chi connectivity index (χ4n) is 1.77. The van der Waals surface area contributed by atoms with Crippen LogP contribution in [0.25, 0.3) is 0 Å². The van der Waals surface area contributed by atoms with E-state index in [1.54, 1.807) is 0 Å². The molecule has 5 heteroatoms. The third-order valence-corrected chi connectivity index (χ3v) is 2.70. The van der Waals surface area contributed by atoms with Gasteiger partial charge < -0.3 is 19.9 Å². The van der Waals surface area contributed by atoms with Crippen molar-refractivity contribution >= 4 is 0 Å². The first-order valence-corrected chi connectivity index (χ1v) is 6.10. The first-order valence-electron chi connectivity index (χ1n) is 6.10. The Morgan fingerprint density at radius 3 is 3.12 bits per heavy atom. The first kappa shape index (κ1) is 13.9. The second-order valence-electron chi connectivity index (χ2n) is 3.93. The third kappa shape index (κ3) is 5.77. The van der Waals surface area contributed by atoms with Crippen LogP contribution in [0.4, 0.5) is 0 Å². The van der Waals surface area contributed by atoms with Crippen LogP contribution < -0.4 is 5.32 Å². The van der Waals surface area contributed by atoms with Gasteiger partial charge in [-0.3, -0.25) is 4.90 Å². The van der Waals surface area contributed by atoms with Gasteiger partial charge >= 0.3 is 0 Å². The number of hydrogen-bond acceptors (Lipinski definition) is 5. The molecule has 0 bridgehead atoms. The van der Waals surface area contributed by atoms with Crippen LogP contribution in [0.15, 0.2) is 0 Å². The van der Waals surface area contributed by atoms with E-state index in [-0.39, 0.29) is 6.61 Å². The molecule has 2 N–H and O–H groups in total. The zero-order chi connectivity index (χ0) is 11.6. The van der Waals surface area contributed by atoms with Gasteiger partial charge in [0.25, 0.3) is 0 Å². The maximum Gasteiger partial charge on any atom is 0.0826 e. The summed E-state index contributed by atoms with van der Waals surface area (Å²) in [6, 6.07) is 0. The molecule has 0 aliphatic carbocycles. The van der Waals surface area contributed by atoms with Gasteiger partial charge in [-0.15, -0.1) is 0 Å². The summed E-state index contributed by atoms with van der Waals surface area (Å²) in [5.41, 5.74) is 0. The zero-order valence-electron chi connectivity index (χ0n) is 10.2. The summed E-state index contributed by atoms with van der Waals surface area (Å²) >= 11 is 0. The summed E-state index contributed by atoms with van der Waals surface area (Å²) in [7, 11) is 0. The Morgan fingerprint density at radius 1 is 1.50 bits per heavy atom. The molecule has 96 valence electrons. The third-order valence-electron chi connectivity index (χ3n) is 2.70. The quantitative estimate of drug-likeness (QED) is 0.542. The minimum absolute atomic E-state index is 0.0944. The standard InChI is InChI=1S/C11H24N2O3/c1-2-13-4-7-16-11(10-13)9-12-3-6-15-8-5-14/h11-12,14H,2-10H2,1H3. The van der Waals surface area contributed by atoms with Crippen LogP contribution in [0.2, 0.25) is 0 Å². The second-order valence-corrected chi connectivity index (χ2v) is 3.93. The molecule has 0 aromatic heterocycles. The van der Waals surface area contributed by atoms with Crippen LogP contribution in [0.5, 0.6) is 0 Å². The normalized spacial score (nSPS) is 22.5. The summed E-state index contributed by atoms with van der Waals surface area (Å²) < 4.78 is 10.8. The summed E-state index contributed by atoms with van der Waals surface area (Å²) in [5, 5.41) is 11.8. The van der Waals surface area contributed by atoms with Gasteiger partial charge in [-0.1, -0.05) is 6.92 Å². The lowest BCUT2D eigenvalue weighted by Crippen LogP contribution is -2.46.